The van der Waals surface area contributed by atoms with E-state index in [-0.39, 0.29) is 5.56 Å². The second-order valence-electron chi connectivity index (χ2n) is 3.76. The Kier molecular flexibility index (Phi) is 2.68. The number of aryl methyl sites for hydroxylation is 1. The van der Waals surface area contributed by atoms with Crippen LogP contribution in [0.1, 0.15) is 17.0 Å². The number of carbonyl (C=O) groups excluding carboxylic acids is 2. The second kappa shape index (κ2) is 3.87. The van der Waals surface area contributed by atoms with Crippen molar-refractivity contribution in [2.45, 2.75) is 18.2 Å². The van der Waals surface area contributed by atoms with Gasteiger partial charge < -0.3 is 0 Å². The molecule has 16 heavy (non-hydrogen) atoms. The average molecular weight is 242 g/mol. The van der Waals surface area contributed by atoms with Crippen LogP contribution < -0.4 is 5.32 Å². The van der Waals surface area contributed by atoms with E-state index in [0.717, 1.165) is 5.56 Å². The van der Waals surface area contributed by atoms with E-state index in [1.54, 1.807) is 13.0 Å². The molecule has 5 heteroatoms. The Balaban J connectivity index is 2.44. The van der Waals surface area contributed by atoms with Crippen LogP contribution in [0.25, 0.3) is 0 Å². The third-order valence-corrected chi connectivity index (χ3v) is 3.01. The summed E-state index contributed by atoms with van der Waals surface area (Å²) in [7, 11) is 0. The lowest BCUT2D eigenvalue weighted by Crippen LogP contribution is -2.22. The third kappa shape index (κ3) is 1.69. The van der Waals surface area contributed by atoms with Crippen molar-refractivity contribution in [1.82, 2.24) is 5.32 Å². The summed E-state index contributed by atoms with van der Waals surface area (Å²) < 4.78 is 13.6. The molecular weight excluding hydrogens is 233 g/mol. The first-order valence-electron chi connectivity index (χ1n) is 4.75. The molecule has 0 aromatic heterocycles. The molecule has 1 aromatic carbocycles. The maximum atomic E-state index is 13.6. The van der Waals surface area contributed by atoms with Gasteiger partial charge in [0.1, 0.15) is 11.2 Å². The van der Waals surface area contributed by atoms with Crippen LogP contribution in [0.2, 0.25) is 0 Å². The first-order chi connectivity index (χ1) is 7.50. The predicted molar refractivity (Wildman–Crippen MR) is 56.7 cm³/mol. The molecule has 0 bridgehead atoms. The Bertz CT molecular complexity index is 475. The molecule has 1 N–H and O–H groups in total. The normalized spacial score (nSPS) is 24.7. The molecule has 2 atom stereocenters. The van der Waals surface area contributed by atoms with Crippen molar-refractivity contribution < 1.29 is 14.0 Å². The first kappa shape index (κ1) is 11.1. The van der Waals surface area contributed by atoms with Gasteiger partial charge in [-0.1, -0.05) is 12.1 Å². The number of hydrogen-bond donors (Lipinski definition) is 1. The Morgan fingerprint density at radius 3 is 2.50 bits per heavy atom. The van der Waals surface area contributed by atoms with E-state index < -0.39 is 28.9 Å². The Morgan fingerprint density at radius 2 is 2.00 bits per heavy atom. The summed E-state index contributed by atoms with van der Waals surface area (Å²) in [6, 6.07) is 4.48. The SMILES string of the molecule is Cc1ccc(C2C(=O)NC(=O)C2Cl)c(F)c1. The minimum Gasteiger partial charge on any atom is -0.295 e. The molecule has 1 saturated heterocycles. The van der Waals surface area contributed by atoms with Crippen molar-refractivity contribution in [1.29, 1.82) is 0 Å². The summed E-state index contributed by atoms with van der Waals surface area (Å²) in [6.07, 6.45) is 0. The number of carbonyl (C=O) groups is 2. The van der Waals surface area contributed by atoms with E-state index >= 15 is 0 Å². The molecule has 1 aliphatic rings. The Morgan fingerprint density at radius 1 is 1.31 bits per heavy atom. The van der Waals surface area contributed by atoms with E-state index in [1.807, 2.05) is 0 Å². The Labute approximate surface area is 96.6 Å². The molecule has 1 fully saturated rings. The van der Waals surface area contributed by atoms with Gasteiger partial charge in [-0.05, 0) is 18.6 Å². The fourth-order valence-electron chi connectivity index (χ4n) is 1.74. The van der Waals surface area contributed by atoms with Crippen LogP contribution in [0.5, 0.6) is 0 Å². The highest BCUT2D eigenvalue weighted by molar-refractivity contribution is 6.37. The van der Waals surface area contributed by atoms with Gasteiger partial charge in [0, 0.05) is 5.56 Å². The van der Waals surface area contributed by atoms with Crippen molar-refractivity contribution in [3.05, 3.63) is 35.1 Å². The molecule has 84 valence electrons. The number of imide groups is 1. The highest BCUT2D eigenvalue weighted by atomic mass is 35.5. The maximum Gasteiger partial charge on any atom is 0.245 e. The molecule has 1 aliphatic heterocycles. The standard InChI is InChI=1S/C11H9ClFNO2/c1-5-2-3-6(7(13)4-5)8-9(12)11(16)14-10(8)15/h2-4,8-9H,1H3,(H,14,15,16). The predicted octanol–water partition coefficient (Wildman–Crippen LogP) is 1.48. The zero-order valence-corrected chi connectivity index (χ0v) is 9.22. The van der Waals surface area contributed by atoms with E-state index in [4.69, 9.17) is 11.6 Å². The molecule has 0 spiro atoms. The van der Waals surface area contributed by atoms with Gasteiger partial charge >= 0.3 is 0 Å². The smallest absolute Gasteiger partial charge is 0.245 e. The molecule has 0 aliphatic carbocycles. The van der Waals surface area contributed by atoms with Gasteiger partial charge in [-0.15, -0.1) is 11.6 Å². The van der Waals surface area contributed by atoms with Gasteiger partial charge in [-0.25, -0.2) is 4.39 Å². The first-order valence-corrected chi connectivity index (χ1v) is 5.19. The Hall–Kier alpha value is -1.42. The molecule has 2 rings (SSSR count). The highest BCUT2D eigenvalue weighted by Crippen LogP contribution is 2.30. The average Bonchev–Trinajstić information content (AvgIpc) is 2.43. The summed E-state index contributed by atoms with van der Waals surface area (Å²) in [4.78, 5) is 22.6. The zero-order valence-electron chi connectivity index (χ0n) is 8.46. The van der Waals surface area contributed by atoms with Gasteiger partial charge in [0.25, 0.3) is 0 Å². The van der Waals surface area contributed by atoms with E-state index in [2.05, 4.69) is 5.32 Å². The number of benzene rings is 1. The molecule has 3 nitrogen and oxygen atoms in total. The molecular formula is C11H9ClFNO2. The van der Waals surface area contributed by atoms with E-state index in [9.17, 15) is 14.0 Å². The number of alkyl halides is 1. The summed E-state index contributed by atoms with van der Waals surface area (Å²) in [6.45, 7) is 1.74. The van der Waals surface area contributed by atoms with E-state index in [0.29, 0.717) is 0 Å². The molecule has 0 saturated carbocycles. The van der Waals surface area contributed by atoms with Gasteiger partial charge in [0.15, 0.2) is 0 Å². The van der Waals surface area contributed by atoms with E-state index in [1.165, 1.54) is 12.1 Å². The molecule has 2 amide bonds. The summed E-state index contributed by atoms with van der Waals surface area (Å²) >= 11 is 5.77. The number of halogens is 2. The third-order valence-electron chi connectivity index (χ3n) is 2.56. The fraction of sp³-hybridized carbons (Fsp3) is 0.273. The fourth-order valence-corrected chi connectivity index (χ4v) is 2.04. The minimum atomic E-state index is -1.04. The van der Waals surface area contributed by atoms with Crippen LogP contribution in [-0.2, 0) is 9.59 Å². The van der Waals surface area contributed by atoms with Crippen molar-refractivity contribution in [2.24, 2.45) is 0 Å². The lowest BCUT2D eigenvalue weighted by molar-refractivity contribution is -0.125. The highest BCUT2D eigenvalue weighted by Gasteiger charge is 2.42. The van der Waals surface area contributed by atoms with Gasteiger partial charge in [0.05, 0.1) is 5.92 Å². The number of nitrogens with one attached hydrogen (secondary N) is 1. The lowest BCUT2D eigenvalue weighted by atomic mass is 9.95. The zero-order chi connectivity index (χ0) is 11.9. The van der Waals surface area contributed by atoms with Crippen LogP contribution in [-0.4, -0.2) is 17.2 Å². The summed E-state index contributed by atoms with van der Waals surface area (Å²) in [5, 5.41) is 1.04. The van der Waals surface area contributed by atoms with Crippen LogP contribution in [0.3, 0.4) is 0 Å². The summed E-state index contributed by atoms with van der Waals surface area (Å²) in [5.74, 6) is -2.57. The largest absolute Gasteiger partial charge is 0.295 e. The van der Waals surface area contributed by atoms with Crippen LogP contribution in [0.15, 0.2) is 18.2 Å². The molecule has 2 unspecified atom stereocenters. The van der Waals surface area contributed by atoms with Crippen molar-refractivity contribution >= 4 is 23.4 Å². The van der Waals surface area contributed by atoms with Crippen molar-refractivity contribution in [3.8, 4) is 0 Å². The van der Waals surface area contributed by atoms with Crippen LogP contribution in [0.4, 0.5) is 4.39 Å². The van der Waals surface area contributed by atoms with Gasteiger partial charge in [0.2, 0.25) is 11.8 Å². The lowest BCUT2D eigenvalue weighted by Gasteiger charge is -2.11. The molecule has 1 heterocycles. The minimum absolute atomic E-state index is 0.161. The molecule has 0 radical (unpaired) electrons. The number of rotatable bonds is 1. The quantitative estimate of drug-likeness (QED) is 0.598. The second-order valence-corrected chi connectivity index (χ2v) is 4.23. The van der Waals surface area contributed by atoms with Crippen molar-refractivity contribution in [2.75, 3.05) is 0 Å². The van der Waals surface area contributed by atoms with Crippen LogP contribution in [0, 0.1) is 12.7 Å². The van der Waals surface area contributed by atoms with Crippen molar-refractivity contribution in [3.63, 3.8) is 0 Å². The maximum absolute atomic E-state index is 13.6. The van der Waals surface area contributed by atoms with Crippen LogP contribution >= 0.6 is 11.6 Å². The molecule has 1 aromatic rings. The number of hydrogen-bond acceptors (Lipinski definition) is 2. The topological polar surface area (TPSA) is 46.2 Å². The van der Waals surface area contributed by atoms with Gasteiger partial charge in [-0.2, -0.15) is 0 Å². The monoisotopic (exact) mass is 241 g/mol. The number of amides is 2. The summed E-state index contributed by atoms with van der Waals surface area (Å²) in [5.41, 5.74) is 0.908. The van der Waals surface area contributed by atoms with Gasteiger partial charge in [-0.3, -0.25) is 14.9 Å².